The molecule has 2 atom stereocenters. The van der Waals surface area contributed by atoms with E-state index in [1.165, 1.54) is 0 Å². The quantitative estimate of drug-likeness (QED) is 0.382. The highest BCUT2D eigenvalue weighted by atomic mass is 16.6. The van der Waals surface area contributed by atoms with Gasteiger partial charge in [-0.3, -0.25) is 20.2 Å². The van der Waals surface area contributed by atoms with E-state index >= 15 is 0 Å². The predicted molar refractivity (Wildman–Crippen MR) is 35.7 cm³/mol. The minimum Gasteiger partial charge on any atom is -0.383 e. The molecule has 0 aliphatic carbocycles. The van der Waals surface area contributed by atoms with E-state index in [-0.39, 0.29) is 0 Å². The largest absolute Gasteiger partial charge is 0.383 e. The molecule has 0 fully saturated rings. The molecule has 8 heteroatoms. The highest BCUT2D eigenvalue weighted by Crippen LogP contribution is 1.94. The molecule has 0 aromatic heterocycles. The molecule has 0 aromatic rings. The molecule has 0 heterocycles. The summed E-state index contributed by atoms with van der Waals surface area (Å²) in [6, 6.07) is 0. The first-order valence-corrected chi connectivity index (χ1v) is 3.03. The Bertz CT molecular complexity index is 162. The van der Waals surface area contributed by atoms with Crippen LogP contribution >= 0.6 is 0 Å². The Morgan fingerprint density at radius 1 is 1.00 bits per heavy atom. The second kappa shape index (κ2) is 4.57. The van der Waals surface area contributed by atoms with Crippen molar-refractivity contribution in [2.75, 3.05) is 13.1 Å². The monoisotopic (exact) mass is 180 g/mol. The topological polar surface area (TPSA) is 127 Å². The van der Waals surface area contributed by atoms with Crippen LogP contribution in [-0.4, -0.2) is 45.4 Å². The van der Waals surface area contributed by atoms with Gasteiger partial charge in [0.25, 0.3) is 0 Å². The number of aliphatic hydroxyl groups is 2. The zero-order chi connectivity index (χ0) is 9.72. The molecule has 0 radical (unpaired) electrons. The van der Waals surface area contributed by atoms with E-state index in [0.717, 1.165) is 0 Å². The summed E-state index contributed by atoms with van der Waals surface area (Å²) in [7, 11) is 0. The van der Waals surface area contributed by atoms with Crippen LogP contribution in [0.15, 0.2) is 0 Å². The highest BCUT2D eigenvalue weighted by molar-refractivity contribution is 4.64. The van der Waals surface area contributed by atoms with Crippen molar-refractivity contribution >= 4 is 0 Å². The third-order valence-electron chi connectivity index (χ3n) is 1.12. The maximum absolute atomic E-state index is 9.76. The van der Waals surface area contributed by atoms with E-state index in [1.807, 2.05) is 0 Å². The minimum atomic E-state index is -1.69. The number of aliphatic hydroxyl groups excluding tert-OH is 2. The van der Waals surface area contributed by atoms with Gasteiger partial charge in [-0.25, -0.2) is 0 Å². The van der Waals surface area contributed by atoms with Crippen molar-refractivity contribution in [1.82, 2.24) is 0 Å². The molecule has 0 unspecified atom stereocenters. The van der Waals surface area contributed by atoms with Gasteiger partial charge in [-0.15, -0.1) is 0 Å². The summed E-state index contributed by atoms with van der Waals surface area (Å²) >= 11 is 0. The highest BCUT2D eigenvalue weighted by Gasteiger charge is 2.25. The van der Waals surface area contributed by atoms with Gasteiger partial charge in [0, 0.05) is 9.85 Å². The SMILES string of the molecule is O=[N+]([O-])C[C@H](O)[C@@H](O)C[N+](=O)[O-]. The molecular weight excluding hydrogens is 172 g/mol. The summed E-state index contributed by atoms with van der Waals surface area (Å²) in [6.07, 6.45) is -3.38. The molecule has 2 N–H and O–H groups in total. The standard InChI is InChI=1S/C4H8N2O6/c7-3(1-5(9)10)4(8)2-6(11)12/h3-4,7-8H,1-2H2/t3-,4-/m0/s1. The van der Waals surface area contributed by atoms with Crippen molar-refractivity contribution in [2.45, 2.75) is 12.2 Å². The summed E-state index contributed by atoms with van der Waals surface area (Å²) < 4.78 is 0. The Kier molecular flexibility index (Phi) is 4.08. The lowest BCUT2D eigenvalue weighted by Crippen LogP contribution is -2.37. The molecule has 0 amide bonds. The molecule has 0 aliphatic rings. The lowest BCUT2D eigenvalue weighted by Gasteiger charge is -2.09. The molecule has 0 aromatic carbocycles. The first-order chi connectivity index (χ1) is 5.43. The van der Waals surface area contributed by atoms with Crippen molar-refractivity contribution in [3.8, 4) is 0 Å². The van der Waals surface area contributed by atoms with Crippen LogP contribution in [0.3, 0.4) is 0 Å². The summed E-state index contributed by atoms with van der Waals surface area (Å²) in [5.41, 5.74) is 0. The van der Waals surface area contributed by atoms with Crippen LogP contribution in [-0.2, 0) is 0 Å². The lowest BCUT2D eigenvalue weighted by atomic mass is 10.2. The number of hydrogen-bond acceptors (Lipinski definition) is 6. The van der Waals surface area contributed by atoms with Crippen LogP contribution in [0, 0.1) is 20.2 Å². The Hall–Kier alpha value is -1.28. The van der Waals surface area contributed by atoms with Gasteiger partial charge in [-0.05, 0) is 0 Å². The zero-order valence-corrected chi connectivity index (χ0v) is 5.99. The van der Waals surface area contributed by atoms with E-state index in [4.69, 9.17) is 10.2 Å². The molecule has 0 rings (SSSR count). The molecule has 12 heavy (non-hydrogen) atoms. The van der Waals surface area contributed by atoms with Gasteiger partial charge in [-0.2, -0.15) is 0 Å². The second-order valence-corrected chi connectivity index (χ2v) is 2.17. The van der Waals surface area contributed by atoms with Gasteiger partial charge in [0.15, 0.2) is 12.2 Å². The zero-order valence-electron chi connectivity index (χ0n) is 5.99. The maximum Gasteiger partial charge on any atom is 0.232 e. The maximum atomic E-state index is 9.76. The Labute approximate surface area is 66.7 Å². The van der Waals surface area contributed by atoms with E-state index in [1.54, 1.807) is 0 Å². The van der Waals surface area contributed by atoms with Crippen LogP contribution in [0.1, 0.15) is 0 Å². The van der Waals surface area contributed by atoms with Crippen molar-refractivity contribution in [1.29, 1.82) is 0 Å². The van der Waals surface area contributed by atoms with Gasteiger partial charge in [-0.1, -0.05) is 0 Å². The number of rotatable bonds is 5. The molecule has 0 saturated carbocycles. The minimum absolute atomic E-state index is 0.853. The second-order valence-electron chi connectivity index (χ2n) is 2.17. The van der Waals surface area contributed by atoms with Crippen molar-refractivity contribution in [3.63, 3.8) is 0 Å². The summed E-state index contributed by atoms with van der Waals surface area (Å²) in [6.45, 7) is -1.79. The van der Waals surface area contributed by atoms with Crippen LogP contribution in [0.4, 0.5) is 0 Å². The molecule has 0 bridgehead atoms. The van der Waals surface area contributed by atoms with Crippen molar-refractivity contribution in [3.05, 3.63) is 20.2 Å². The van der Waals surface area contributed by atoms with Crippen molar-refractivity contribution in [2.24, 2.45) is 0 Å². The third-order valence-corrected chi connectivity index (χ3v) is 1.12. The average Bonchev–Trinajstić information content (AvgIpc) is 1.84. The molecule has 0 spiro atoms. The van der Waals surface area contributed by atoms with Crippen LogP contribution in [0.2, 0.25) is 0 Å². The Balaban J connectivity index is 3.83. The molecule has 70 valence electrons. The first-order valence-electron chi connectivity index (χ1n) is 3.03. The fourth-order valence-corrected chi connectivity index (χ4v) is 0.549. The molecular formula is C4H8N2O6. The van der Waals surface area contributed by atoms with Gasteiger partial charge in [0.05, 0.1) is 0 Å². The van der Waals surface area contributed by atoms with Crippen LogP contribution < -0.4 is 0 Å². The van der Waals surface area contributed by atoms with Gasteiger partial charge in [0.2, 0.25) is 13.1 Å². The molecule has 0 aliphatic heterocycles. The third kappa shape index (κ3) is 4.52. The van der Waals surface area contributed by atoms with Crippen LogP contribution in [0.5, 0.6) is 0 Å². The molecule has 8 nitrogen and oxygen atoms in total. The Morgan fingerprint density at radius 3 is 1.42 bits per heavy atom. The van der Waals surface area contributed by atoms with E-state index in [9.17, 15) is 20.2 Å². The summed E-state index contributed by atoms with van der Waals surface area (Å²) in [5, 5.41) is 37.0. The van der Waals surface area contributed by atoms with E-state index in [0.29, 0.717) is 0 Å². The number of hydrogen-bond donors (Lipinski definition) is 2. The smallest absolute Gasteiger partial charge is 0.232 e. The van der Waals surface area contributed by atoms with Gasteiger partial charge >= 0.3 is 0 Å². The summed E-state index contributed by atoms with van der Waals surface area (Å²) in [4.78, 5) is 17.8. The van der Waals surface area contributed by atoms with Gasteiger partial charge in [0.1, 0.15) is 0 Å². The van der Waals surface area contributed by atoms with Crippen LogP contribution in [0.25, 0.3) is 0 Å². The predicted octanol–water partition coefficient (Wildman–Crippen LogP) is -1.74. The van der Waals surface area contributed by atoms with E-state index in [2.05, 4.69) is 0 Å². The number of nitro groups is 2. The lowest BCUT2D eigenvalue weighted by molar-refractivity contribution is -0.511. The summed E-state index contributed by atoms with van der Waals surface area (Å²) in [5.74, 6) is 0. The van der Waals surface area contributed by atoms with Crippen molar-refractivity contribution < 1.29 is 20.1 Å². The average molecular weight is 180 g/mol. The van der Waals surface area contributed by atoms with Gasteiger partial charge < -0.3 is 10.2 Å². The Morgan fingerprint density at radius 2 is 1.25 bits per heavy atom. The number of nitrogens with zero attached hydrogens (tertiary/aromatic N) is 2. The first kappa shape index (κ1) is 10.7. The fourth-order valence-electron chi connectivity index (χ4n) is 0.549. The normalized spacial score (nSPS) is 15.2. The molecule has 0 saturated heterocycles. The fraction of sp³-hybridized carbons (Fsp3) is 1.00. The van der Waals surface area contributed by atoms with E-state index < -0.39 is 35.1 Å².